The zero-order valence-electron chi connectivity index (χ0n) is 12.3. The second kappa shape index (κ2) is 10.4. The van der Waals surface area contributed by atoms with Crippen LogP contribution in [0.15, 0.2) is 35.5 Å². The summed E-state index contributed by atoms with van der Waals surface area (Å²) in [5, 5.41) is 0. The van der Waals surface area contributed by atoms with E-state index in [4.69, 9.17) is 0 Å². The molecule has 0 saturated heterocycles. The van der Waals surface area contributed by atoms with E-state index in [1.54, 1.807) is 11.1 Å². The van der Waals surface area contributed by atoms with E-state index >= 15 is 0 Å². The quantitative estimate of drug-likeness (QED) is 0.329. The van der Waals surface area contributed by atoms with Crippen LogP contribution < -0.4 is 0 Å². The average molecular weight is 234 g/mol. The fourth-order valence-electron chi connectivity index (χ4n) is 1.98. The van der Waals surface area contributed by atoms with Crippen LogP contribution in [-0.4, -0.2) is 0 Å². The van der Waals surface area contributed by atoms with Gasteiger partial charge in [0.25, 0.3) is 0 Å². The molecular weight excluding hydrogens is 204 g/mol. The minimum atomic E-state index is 1.06. The summed E-state index contributed by atoms with van der Waals surface area (Å²) in [5.41, 5.74) is 4.72. The summed E-state index contributed by atoms with van der Waals surface area (Å²) in [6, 6.07) is 0. The normalized spacial score (nSPS) is 13.5. The third-order valence-electron chi connectivity index (χ3n) is 3.62. The molecule has 0 aromatic rings. The van der Waals surface area contributed by atoms with Crippen LogP contribution in [0.1, 0.15) is 72.6 Å². The van der Waals surface area contributed by atoms with E-state index in [0.29, 0.717) is 0 Å². The van der Waals surface area contributed by atoms with E-state index in [9.17, 15) is 0 Å². The Morgan fingerprint density at radius 1 is 1.00 bits per heavy atom. The molecule has 0 spiro atoms. The predicted molar refractivity (Wildman–Crippen MR) is 80.3 cm³/mol. The topological polar surface area (TPSA) is 0 Å². The molecule has 0 radical (unpaired) electrons. The van der Waals surface area contributed by atoms with Crippen LogP contribution in [0.4, 0.5) is 0 Å². The summed E-state index contributed by atoms with van der Waals surface area (Å²) in [7, 11) is 0. The van der Waals surface area contributed by atoms with Gasteiger partial charge in [0, 0.05) is 0 Å². The number of rotatable bonds is 9. The second-order valence-electron chi connectivity index (χ2n) is 4.91. The molecule has 0 aliphatic rings. The largest absolute Gasteiger partial charge is 0.103 e. The maximum absolute atomic E-state index is 3.80. The molecule has 0 nitrogen and oxygen atoms in total. The Bertz CT molecular complexity index is 266. The fourth-order valence-corrected chi connectivity index (χ4v) is 1.98. The summed E-state index contributed by atoms with van der Waals surface area (Å²) in [5.74, 6) is 0. The minimum Gasteiger partial charge on any atom is -0.103 e. The Labute approximate surface area is 109 Å². The lowest BCUT2D eigenvalue weighted by atomic mass is 10.00. The van der Waals surface area contributed by atoms with Crippen molar-refractivity contribution in [1.29, 1.82) is 0 Å². The first-order valence-electron chi connectivity index (χ1n) is 7.05. The monoisotopic (exact) mass is 234 g/mol. The van der Waals surface area contributed by atoms with Crippen LogP contribution in [-0.2, 0) is 0 Å². The van der Waals surface area contributed by atoms with Crippen LogP contribution in [0.25, 0.3) is 0 Å². The van der Waals surface area contributed by atoms with Gasteiger partial charge in [-0.05, 0) is 59.3 Å². The third kappa shape index (κ3) is 8.01. The van der Waals surface area contributed by atoms with Crippen molar-refractivity contribution >= 4 is 0 Å². The Balaban J connectivity index is 3.69. The lowest BCUT2D eigenvalue weighted by Crippen LogP contribution is -1.87. The van der Waals surface area contributed by atoms with Crippen molar-refractivity contribution in [2.45, 2.75) is 72.6 Å². The highest BCUT2D eigenvalue weighted by molar-refractivity contribution is 5.08. The first-order valence-corrected chi connectivity index (χ1v) is 7.05. The van der Waals surface area contributed by atoms with Gasteiger partial charge in [-0.3, -0.25) is 0 Å². The first kappa shape index (κ1) is 16.2. The molecule has 0 bridgehead atoms. The van der Waals surface area contributed by atoms with E-state index in [1.807, 2.05) is 6.08 Å². The molecule has 0 fully saturated rings. The molecule has 98 valence electrons. The molecule has 17 heavy (non-hydrogen) atoms. The summed E-state index contributed by atoms with van der Waals surface area (Å²) >= 11 is 0. The van der Waals surface area contributed by atoms with Gasteiger partial charge in [-0.25, -0.2) is 0 Å². The highest BCUT2D eigenvalue weighted by Gasteiger charge is 1.97. The summed E-state index contributed by atoms with van der Waals surface area (Å²) < 4.78 is 0. The van der Waals surface area contributed by atoms with Gasteiger partial charge in [-0.2, -0.15) is 0 Å². The van der Waals surface area contributed by atoms with Gasteiger partial charge in [0.05, 0.1) is 0 Å². The van der Waals surface area contributed by atoms with Crippen molar-refractivity contribution in [3.8, 4) is 0 Å². The molecule has 0 aromatic carbocycles. The van der Waals surface area contributed by atoms with Crippen molar-refractivity contribution in [2.75, 3.05) is 0 Å². The molecule has 0 aliphatic carbocycles. The third-order valence-corrected chi connectivity index (χ3v) is 3.62. The van der Waals surface area contributed by atoms with Crippen LogP contribution in [0.3, 0.4) is 0 Å². The molecule has 0 atom stereocenters. The molecular formula is C17H30. The van der Waals surface area contributed by atoms with E-state index in [1.165, 1.54) is 44.1 Å². The molecule has 0 amide bonds. The maximum Gasteiger partial charge on any atom is -0.0142 e. The summed E-state index contributed by atoms with van der Waals surface area (Å²) in [6.07, 6.45) is 13.1. The van der Waals surface area contributed by atoms with Gasteiger partial charge in [0.1, 0.15) is 0 Å². The molecule has 0 saturated carbocycles. The maximum atomic E-state index is 3.80. The van der Waals surface area contributed by atoms with Crippen molar-refractivity contribution in [1.82, 2.24) is 0 Å². The van der Waals surface area contributed by atoms with E-state index < -0.39 is 0 Å². The Morgan fingerprint density at radius 3 is 2.18 bits per heavy atom. The molecule has 0 rings (SSSR count). The summed E-state index contributed by atoms with van der Waals surface area (Å²) in [4.78, 5) is 0. The van der Waals surface area contributed by atoms with Gasteiger partial charge >= 0.3 is 0 Å². The van der Waals surface area contributed by atoms with Gasteiger partial charge in [0.15, 0.2) is 0 Å². The Hall–Kier alpha value is -0.780. The average Bonchev–Trinajstić information content (AvgIpc) is 2.35. The zero-order chi connectivity index (χ0) is 13.1. The minimum absolute atomic E-state index is 1.06. The van der Waals surface area contributed by atoms with Crippen molar-refractivity contribution < 1.29 is 0 Å². The number of hydrogen-bond acceptors (Lipinski definition) is 0. The Kier molecular flexibility index (Phi) is 9.90. The molecule has 0 heterocycles. The molecule has 0 heteroatoms. The lowest BCUT2D eigenvalue weighted by molar-refractivity contribution is 0.665. The highest BCUT2D eigenvalue weighted by atomic mass is 14.0. The van der Waals surface area contributed by atoms with E-state index in [2.05, 4.69) is 40.3 Å². The fraction of sp³-hybridized carbons (Fsp3) is 0.647. The van der Waals surface area contributed by atoms with Crippen LogP contribution in [0.5, 0.6) is 0 Å². The lowest BCUT2D eigenvalue weighted by Gasteiger charge is -2.07. The van der Waals surface area contributed by atoms with Crippen LogP contribution in [0.2, 0.25) is 0 Å². The van der Waals surface area contributed by atoms with Crippen molar-refractivity contribution in [2.24, 2.45) is 0 Å². The standard InChI is InChI=1S/C17H30/c1-6-12-17(8-3)14-11-9-10-13-16(5)15(4)7-2/h6,8H,1,7,9-14H2,2-5H3/b16-15+,17-8-. The number of unbranched alkanes of at least 4 members (excludes halogenated alkanes) is 2. The van der Waals surface area contributed by atoms with Crippen LogP contribution >= 0.6 is 0 Å². The van der Waals surface area contributed by atoms with Crippen LogP contribution in [0, 0.1) is 0 Å². The summed E-state index contributed by atoms with van der Waals surface area (Å²) in [6.45, 7) is 12.7. The number of allylic oxidation sites excluding steroid dienone is 5. The zero-order valence-corrected chi connectivity index (χ0v) is 12.3. The molecule has 0 N–H and O–H groups in total. The second-order valence-corrected chi connectivity index (χ2v) is 4.91. The van der Waals surface area contributed by atoms with Crippen molar-refractivity contribution in [3.63, 3.8) is 0 Å². The SMILES string of the molecule is C=CC/C(=C/C)CCCCC/C(C)=C(\C)CC. The number of hydrogen-bond donors (Lipinski definition) is 0. The van der Waals surface area contributed by atoms with Gasteiger partial charge in [-0.15, -0.1) is 6.58 Å². The van der Waals surface area contributed by atoms with E-state index in [0.717, 1.165) is 6.42 Å². The first-order chi connectivity index (χ1) is 8.15. The van der Waals surface area contributed by atoms with Gasteiger partial charge < -0.3 is 0 Å². The highest BCUT2D eigenvalue weighted by Crippen LogP contribution is 2.17. The van der Waals surface area contributed by atoms with Gasteiger partial charge in [0.2, 0.25) is 0 Å². The Morgan fingerprint density at radius 2 is 1.65 bits per heavy atom. The molecule has 0 unspecified atom stereocenters. The predicted octanol–water partition coefficient (Wildman–Crippen LogP) is 6.21. The van der Waals surface area contributed by atoms with E-state index in [-0.39, 0.29) is 0 Å². The molecule has 0 aliphatic heterocycles. The van der Waals surface area contributed by atoms with Gasteiger partial charge in [-0.1, -0.05) is 42.2 Å². The smallest absolute Gasteiger partial charge is 0.0142 e. The van der Waals surface area contributed by atoms with Crippen molar-refractivity contribution in [3.05, 3.63) is 35.5 Å². The molecule has 0 aromatic heterocycles.